The summed E-state index contributed by atoms with van der Waals surface area (Å²) in [5.74, 6) is -71.4. The highest BCUT2D eigenvalue weighted by Crippen LogP contribution is 2.31. The Morgan fingerprint density at radius 2 is 0.765 bits per heavy atom. The van der Waals surface area contributed by atoms with Crippen LogP contribution in [0, 0.1) is 116 Å². The van der Waals surface area contributed by atoms with Crippen molar-refractivity contribution < 1.29 is 102 Å². The first-order chi connectivity index (χ1) is 31.9. The Balaban J connectivity index is 0.000000276. The van der Waals surface area contributed by atoms with Gasteiger partial charge in [0.25, 0.3) is 0 Å². The van der Waals surface area contributed by atoms with Crippen molar-refractivity contribution in [1.82, 2.24) is 4.98 Å². The average molecular weight is 1000 g/mol. The van der Waals surface area contributed by atoms with Crippen LogP contribution in [0.1, 0.15) is 16.1 Å². The lowest BCUT2D eigenvalue weighted by molar-refractivity contribution is -0.691. The van der Waals surface area contributed by atoms with Gasteiger partial charge in [0.05, 0.1) is 6.20 Å². The van der Waals surface area contributed by atoms with Crippen LogP contribution in [-0.2, 0) is 6.54 Å². The molecule has 0 bridgehead atoms. The summed E-state index contributed by atoms with van der Waals surface area (Å²) in [5.41, 5.74) is -12.9. The summed E-state index contributed by atoms with van der Waals surface area (Å²) in [6.07, 6.45) is -2.31. The minimum atomic E-state index is -7.22. The van der Waals surface area contributed by atoms with Crippen LogP contribution in [0.25, 0.3) is 0 Å². The third-order valence-electron chi connectivity index (χ3n) is 10.0. The number of carbonyl (C=O) groups excluding carboxylic acids is 1. The van der Waals surface area contributed by atoms with Crippen LogP contribution in [-0.4, -0.2) is 17.1 Å². The lowest BCUT2D eigenvalue weighted by Gasteiger charge is -2.44. The van der Waals surface area contributed by atoms with Gasteiger partial charge in [0.15, 0.2) is 82.5 Å². The molecule has 0 saturated carbocycles. The van der Waals surface area contributed by atoms with Gasteiger partial charge >= 0.3 is 11.7 Å². The van der Waals surface area contributed by atoms with E-state index in [-0.39, 0.29) is 0 Å². The molecule has 0 saturated heterocycles. The molecule has 0 aliphatic carbocycles. The number of ether oxygens (including phenoxy) is 1. The van der Waals surface area contributed by atoms with Crippen LogP contribution in [0.2, 0.25) is 0 Å². The van der Waals surface area contributed by atoms with E-state index in [2.05, 4.69) is 17.6 Å². The molecular formula is C42H15BF20N2O2S. The van der Waals surface area contributed by atoms with E-state index in [0.717, 1.165) is 5.56 Å². The summed E-state index contributed by atoms with van der Waals surface area (Å²) in [5, 5.41) is 0. The molecule has 1 heterocycles. The van der Waals surface area contributed by atoms with Gasteiger partial charge in [0, 0.05) is 10.5 Å². The first-order valence-electron chi connectivity index (χ1n) is 18.0. The molecule has 0 spiro atoms. The van der Waals surface area contributed by atoms with E-state index >= 15 is 35.1 Å². The van der Waals surface area contributed by atoms with Crippen LogP contribution < -0.4 is 31.2 Å². The summed E-state index contributed by atoms with van der Waals surface area (Å²) in [4.78, 5) is 17.1. The average Bonchev–Trinajstić information content (AvgIpc) is 3.32. The molecular weight excluding hydrogens is 987 g/mol. The molecule has 6 aromatic carbocycles. The van der Waals surface area contributed by atoms with E-state index < -0.39 is 150 Å². The van der Waals surface area contributed by atoms with E-state index in [0.29, 0.717) is 22.9 Å². The minimum absolute atomic E-state index is 0.382. The summed E-state index contributed by atoms with van der Waals surface area (Å²) >= 11 is 4.29. The highest BCUT2D eigenvalue weighted by Gasteiger charge is 2.52. The van der Waals surface area contributed by atoms with Crippen LogP contribution >= 0.6 is 12.6 Å². The summed E-state index contributed by atoms with van der Waals surface area (Å²) in [7, 11) is 0. The van der Waals surface area contributed by atoms with E-state index in [1.165, 1.54) is 6.20 Å². The molecule has 0 amide bonds. The lowest BCUT2D eigenvalue weighted by atomic mass is 9.12. The molecule has 68 heavy (non-hydrogen) atoms. The van der Waals surface area contributed by atoms with Crippen LogP contribution in [0.4, 0.5) is 87.8 Å². The second-order valence-corrected chi connectivity index (χ2v) is 14.2. The fourth-order valence-corrected chi connectivity index (χ4v) is 7.25. The molecule has 0 aliphatic heterocycles. The largest absolute Gasteiger partial charge is 0.417 e. The molecule has 0 N–H and O–H groups in total. The maximum absolute atomic E-state index is 15.4. The number of aromatic nitrogens is 2. The molecule has 0 radical (unpaired) electrons. The lowest BCUT2D eigenvalue weighted by Crippen LogP contribution is -2.81. The highest BCUT2D eigenvalue weighted by molar-refractivity contribution is 7.80. The van der Waals surface area contributed by atoms with Gasteiger partial charge in [-0.05, 0) is 12.1 Å². The molecule has 26 heteroatoms. The number of rotatable bonds is 8. The molecule has 1 aromatic heterocycles. The maximum Gasteiger partial charge on any atom is 0.410 e. The zero-order chi connectivity index (χ0) is 50.4. The third-order valence-corrected chi connectivity index (χ3v) is 10.4. The zero-order valence-electron chi connectivity index (χ0n) is 32.4. The predicted molar refractivity (Wildman–Crippen MR) is 198 cm³/mol. The number of esters is 1. The SMILES string of the molecule is Fc1c(F)c(F)c([B-](c2c(F)c(F)c(F)c(F)c2F)(c2c(F)c(F)c(F)c(F)c2F)c2c(F)c(F)c(F)c(F)c2F)c(F)c1F.O=C(Oc1ccccc1S)c1cncc[n+]1Cc1ccccc1. The third kappa shape index (κ3) is 8.22. The molecule has 0 unspecified atom stereocenters. The van der Waals surface area contributed by atoms with Crippen molar-refractivity contribution >= 4 is 46.6 Å². The van der Waals surface area contributed by atoms with Crippen molar-refractivity contribution in [3.05, 3.63) is 201 Å². The standard InChI is InChI=1S/C24BF20.C18H14N2O2S/c26-5-1(6(27)14(35)21(42)13(5)34)25(2-7(28)15(36)22(43)16(37)8(2)29,3-9(30)17(38)23(44)18(39)10(3)31)4-11(32)19(40)24(45)20(41)12(4)33;21-18(22-16-8-4-5-9-17(16)23)15-12-19-10-11-20(15)13-14-6-2-1-3-7-14/h;1-12H,13H2/q-1;/p+1. The number of thiol groups is 1. The fourth-order valence-electron chi connectivity index (χ4n) is 7.04. The smallest absolute Gasteiger partial charge is 0.410 e. The Bertz CT molecular complexity index is 2800. The second-order valence-electron chi connectivity index (χ2n) is 13.7. The van der Waals surface area contributed by atoms with Gasteiger partial charge in [-0.2, -0.15) is 4.57 Å². The quantitative estimate of drug-likeness (QED) is 0.0242. The van der Waals surface area contributed by atoms with E-state index in [9.17, 15) is 57.5 Å². The van der Waals surface area contributed by atoms with Crippen LogP contribution in [0.3, 0.4) is 0 Å². The minimum Gasteiger partial charge on any atom is -0.417 e. The number of halogens is 20. The second kappa shape index (κ2) is 19.2. The van der Waals surface area contributed by atoms with E-state index in [1.807, 2.05) is 41.0 Å². The van der Waals surface area contributed by atoms with Crippen LogP contribution in [0.15, 0.2) is 78.1 Å². The van der Waals surface area contributed by atoms with Crippen molar-refractivity contribution in [3.8, 4) is 5.75 Å². The Morgan fingerprint density at radius 1 is 0.456 bits per heavy atom. The van der Waals surface area contributed by atoms with Crippen molar-refractivity contribution in [3.63, 3.8) is 0 Å². The Morgan fingerprint density at radius 3 is 1.10 bits per heavy atom. The van der Waals surface area contributed by atoms with E-state index in [1.54, 1.807) is 30.6 Å². The van der Waals surface area contributed by atoms with Gasteiger partial charge in [-0.1, -0.05) is 42.5 Å². The number of hydrogen-bond acceptors (Lipinski definition) is 4. The summed E-state index contributed by atoms with van der Waals surface area (Å²) < 4.78 is 301. The maximum atomic E-state index is 15.4. The van der Waals surface area contributed by atoms with Crippen molar-refractivity contribution in [2.75, 3.05) is 0 Å². The molecule has 4 nitrogen and oxygen atoms in total. The predicted octanol–water partition coefficient (Wildman–Crippen LogP) is 8.77. The number of carbonyl (C=O) groups is 1. The van der Waals surface area contributed by atoms with Crippen molar-refractivity contribution in [2.45, 2.75) is 11.4 Å². The zero-order valence-corrected chi connectivity index (χ0v) is 33.3. The first-order valence-corrected chi connectivity index (χ1v) is 18.5. The van der Waals surface area contributed by atoms with Gasteiger partial charge in [-0.25, -0.2) is 92.6 Å². The van der Waals surface area contributed by atoms with Crippen molar-refractivity contribution in [2.24, 2.45) is 0 Å². The Kier molecular flexibility index (Phi) is 14.2. The van der Waals surface area contributed by atoms with Gasteiger partial charge in [0.1, 0.15) is 64.6 Å². The topological polar surface area (TPSA) is 43.1 Å². The molecule has 7 aromatic rings. The monoisotopic (exact) mass is 1000 g/mol. The van der Waals surface area contributed by atoms with Gasteiger partial charge in [0.2, 0.25) is 0 Å². The van der Waals surface area contributed by atoms with Gasteiger partial charge < -0.3 is 4.74 Å². The first kappa shape index (κ1) is 50.3. The Labute approximate surface area is 371 Å². The number of para-hydroxylation sites is 1. The van der Waals surface area contributed by atoms with Gasteiger partial charge in [-0.15, -0.1) is 34.5 Å². The van der Waals surface area contributed by atoms with Crippen LogP contribution in [0.5, 0.6) is 5.75 Å². The van der Waals surface area contributed by atoms with Gasteiger partial charge in [-0.3, -0.25) is 4.98 Å². The number of benzene rings is 6. The van der Waals surface area contributed by atoms with E-state index in [4.69, 9.17) is 4.74 Å². The molecule has 0 aliphatic rings. The molecule has 0 fully saturated rings. The number of hydrogen-bond donors (Lipinski definition) is 1. The Hall–Kier alpha value is -7.12. The summed E-state index contributed by atoms with van der Waals surface area (Å²) in [6.45, 7) is 0.566. The van der Waals surface area contributed by atoms with Crippen molar-refractivity contribution in [1.29, 1.82) is 0 Å². The summed E-state index contributed by atoms with van der Waals surface area (Å²) in [6, 6.07) is 17.0. The highest BCUT2D eigenvalue weighted by atomic mass is 32.1. The molecule has 354 valence electrons. The fraction of sp³-hybridized carbons (Fsp3) is 0.0238. The normalized spacial score (nSPS) is 11.4. The molecule has 0 atom stereocenters. The number of nitrogens with zero attached hydrogens (tertiary/aromatic N) is 2. The molecule has 7 rings (SSSR count).